The largest absolute Gasteiger partial charge is 0.379 e. The number of ether oxygens (including phenoxy) is 1. The smallest absolute Gasteiger partial charge is 0.140 e. The van der Waals surface area contributed by atoms with Crippen LogP contribution in [-0.2, 0) is 4.74 Å². The van der Waals surface area contributed by atoms with Gasteiger partial charge in [-0.2, -0.15) is 0 Å². The SMILES string of the molecule is CCNC1COCC1c1nnc(C)n1C1CCCCC1. The third-order valence-electron chi connectivity index (χ3n) is 4.71. The van der Waals surface area contributed by atoms with Gasteiger partial charge in [0.15, 0.2) is 0 Å². The van der Waals surface area contributed by atoms with Crippen LogP contribution in [0, 0.1) is 6.92 Å². The predicted molar refractivity (Wildman–Crippen MR) is 77.9 cm³/mol. The molecule has 1 aliphatic heterocycles. The van der Waals surface area contributed by atoms with E-state index in [9.17, 15) is 0 Å². The van der Waals surface area contributed by atoms with Crippen molar-refractivity contribution in [3.8, 4) is 0 Å². The van der Waals surface area contributed by atoms with Crippen LogP contribution in [-0.4, -0.2) is 40.6 Å². The van der Waals surface area contributed by atoms with Crippen molar-refractivity contribution in [1.82, 2.24) is 20.1 Å². The van der Waals surface area contributed by atoms with Gasteiger partial charge in [-0.3, -0.25) is 0 Å². The number of likely N-dealkylation sites (N-methyl/N-ethyl adjacent to an activating group) is 1. The molecule has 20 heavy (non-hydrogen) atoms. The molecule has 1 aromatic rings. The molecule has 2 unspecified atom stereocenters. The summed E-state index contributed by atoms with van der Waals surface area (Å²) in [6, 6.07) is 0.975. The Kier molecular flexibility index (Phi) is 4.36. The van der Waals surface area contributed by atoms with Gasteiger partial charge in [0.25, 0.3) is 0 Å². The summed E-state index contributed by atoms with van der Waals surface area (Å²) in [5.74, 6) is 2.55. The number of nitrogens with one attached hydrogen (secondary N) is 1. The summed E-state index contributed by atoms with van der Waals surface area (Å²) in [5, 5.41) is 12.4. The second-order valence-electron chi connectivity index (χ2n) is 6.08. The van der Waals surface area contributed by atoms with Gasteiger partial charge >= 0.3 is 0 Å². The highest BCUT2D eigenvalue weighted by Gasteiger charge is 2.34. The number of hydrogen-bond acceptors (Lipinski definition) is 4. The van der Waals surface area contributed by atoms with Crippen molar-refractivity contribution in [3.05, 3.63) is 11.6 Å². The molecule has 0 spiro atoms. The van der Waals surface area contributed by atoms with E-state index in [1.807, 2.05) is 0 Å². The van der Waals surface area contributed by atoms with Crippen LogP contribution in [0.2, 0.25) is 0 Å². The fraction of sp³-hybridized carbons (Fsp3) is 0.867. The van der Waals surface area contributed by atoms with Gasteiger partial charge < -0.3 is 14.6 Å². The maximum atomic E-state index is 5.68. The van der Waals surface area contributed by atoms with Gasteiger partial charge in [0.05, 0.1) is 19.1 Å². The van der Waals surface area contributed by atoms with Gasteiger partial charge in [-0.25, -0.2) is 0 Å². The molecule has 2 heterocycles. The Hall–Kier alpha value is -0.940. The first kappa shape index (κ1) is 14.0. The van der Waals surface area contributed by atoms with Crippen LogP contribution in [0.15, 0.2) is 0 Å². The molecule has 2 atom stereocenters. The molecule has 5 heteroatoms. The first-order chi connectivity index (χ1) is 9.81. The summed E-state index contributed by atoms with van der Waals surface area (Å²) < 4.78 is 8.09. The van der Waals surface area contributed by atoms with E-state index in [1.165, 1.54) is 32.1 Å². The van der Waals surface area contributed by atoms with Crippen molar-refractivity contribution in [2.24, 2.45) is 0 Å². The van der Waals surface area contributed by atoms with Crippen molar-refractivity contribution in [2.45, 2.75) is 64.0 Å². The molecule has 1 saturated heterocycles. The predicted octanol–water partition coefficient (Wildman–Crippen LogP) is 2.18. The Morgan fingerprint density at radius 3 is 2.75 bits per heavy atom. The molecule has 0 aromatic carbocycles. The van der Waals surface area contributed by atoms with Gasteiger partial charge in [-0.15, -0.1) is 10.2 Å². The van der Waals surface area contributed by atoms with Crippen molar-refractivity contribution in [1.29, 1.82) is 0 Å². The third-order valence-corrected chi connectivity index (χ3v) is 4.71. The van der Waals surface area contributed by atoms with Gasteiger partial charge in [0.2, 0.25) is 0 Å². The average Bonchev–Trinajstić information content (AvgIpc) is 3.06. The minimum Gasteiger partial charge on any atom is -0.379 e. The number of rotatable bonds is 4. The summed E-state index contributed by atoms with van der Waals surface area (Å²) in [4.78, 5) is 0. The Morgan fingerprint density at radius 1 is 1.20 bits per heavy atom. The molecule has 5 nitrogen and oxygen atoms in total. The number of aromatic nitrogens is 3. The molecule has 1 aliphatic carbocycles. The van der Waals surface area contributed by atoms with Crippen LogP contribution in [0.4, 0.5) is 0 Å². The van der Waals surface area contributed by atoms with Crippen LogP contribution in [0.5, 0.6) is 0 Å². The fourth-order valence-electron chi connectivity index (χ4n) is 3.70. The van der Waals surface area contributed by atoms with E-state index < -0.39 is 0 Å². The lowest BCUT2D eigenvalue weighted by Crippen LogP contribution is -2.35. The van der Waals surface area contributed by atoms with Crippen LogP contribution >= 0.6 is 0 Å². The quantitative estimate of drug-likeness (QED) is 0.917. The average molecular weight is 278 g/mol. The maximum Gasteiger partial charge on any atom is 0.140 e. The van der Waals surface area contributed by atoms with Gasteiger partial charge in [-0.1, -0.05) is 26.2 Å². The number of hydrogen-bond donors (Lipinski definition) is 1. The Morgan fingerprint density at radius 2 is 2.00 bits per heavy atom. The zero-order valence-electron chi connectivity index (χ0n) is 12.6. The first-order valence-corrected chi connectivity index (χ1v) is 8.03. The van der Waals surface area contributed by atoms with E-state index in [4.69, 9.17) is 4.74 Å². The van der Waals surface area contributed by atoms with E-state index in [0.29, 0.717) is 18.0 Å². The topological polar surface area (TPSA) is 52.0 Å². The molecule has 2 aliphatic rings. The van der Waals surface area contributed by atoms with E-state index in [1.54, 1.807) is 0 Å². The summed E-state index contributed by atoms with van der Waals surface area (Å²) in [7, 11) is 0. The standard InChI is InChI=1S/C15H26N4O/c1-3-16-14-10-20-9-13(14)15-18-17-11(2)19(15)12-7-5-4-6-8-12/h12-14,16H,3-10H2,1-2H3. The molecule has 0 bridgehead atoms. The van der Waals surface area contributed by atoms with E-state index in [2.05, 4.69) is 33.9 Å². The minimum atomic E-state index is 0.345. The van der Waals surface area contributed by atoms with Crippen molar-refractivity contribution in [3.63, 3.8) is 0 Å². The van der Waals surface area contributed by atoms with Gasteiger partial charge in [0, 0.05) is 12.1 Å². The molecule has 1 N–H and O–H groups in total. The minimum absolute atomic E-state index is 0.345. The van der Waals surface area contributed by atoms with E-state index in [-0.39, 0.29) is 0 Å². The normalized spacial score (nSPS) is 28.1. The molecule has 0 radical (unpaired) electrons. The molecular weight excluding hydrogens is 252 g/mol. The Bertz CT molecular complexity index is 439. The molecular formula is C15H26N4O. The molecule has 1 aromatic heterocycles. The lowest BCUT2D eigenvalue weighted by molar-refractivity contribution is 0.186. The van der Waals surface area contributed by atoms with Crippen LogP contribution in [0.1, 0.15) is 62.6 Å². The highest BCUT2D eigenvalue weighted by molar-refractivity contribution is 5.09. The van der Waals surface area contributed by atoms with Gasteiger partial charge in [0.1, 0.15) is 11.6 Å². The maximum absolute atomic E-state index is 5.68. The zero-order valence-corrected chi connectivity index (χ0v) is 12.6. The van der Waals surface area contributed by atoms with Crippen molar-refractivity contribution < 1.29 is 4.74 Å². The molecule has 1 saturated carbocycles. The summed E-state index contributed by atoms with van der Waals surface area (Å²) >= 11 is 0. The number of aryl methyl sites for hydroxylation is 1. The lowest BCUT2D eigenvalue weighted by atomic mass is 9.94. The fourth-order valence-corrected chi connectivity index (χ4v) is 3.70. The zero-order chi connectivity index (χ0) is 13.9. The summed E-state index contributed by atoms with van der Waals surface area (Å²) in [6.07, 6.45) is 6.58. The third kappa shape index (κ3) is 2.61. The van der Waals surface area contributed by atoms with Crippen LogP contribution in [0.3, 0.4) is 0 Å². The molecule has 0 amide bonds. The Labute approximate surface area is 121 Å². The lowest BCUT2D eigenvalue weighted by Gasteiger charge is -2.27. The Balaban J connectivity index is 1.85. The highest BCUT2D eigenvalue weighted by atomic mass is 16.5. The van der Waals surface area contributed by atoms with Crippen molar-refractivity contribution in [2.75, 3.05) is 19.8 Å². The molecule has 112 valence electrons. The first-order valence-electron chi connectivity index (χ1n) is 8.03. The second kappa shape index (κ2) is 6.22. The van der Waals surface area contributed by atoms with Crippen LogP contribution < -0.4 is 5.32 Å². The summed E-state index contributed by atoms with van der Waals surface area (Å²) in [6.45, 7) is 6.76. The van der Waals surface area contributed by atoms with E-state index in [0.717, 1.165) is 31.4 Å². The second-order valence-corrected chi connectivity index (χ2v) is 6.08. The van der Waals surface area contributed by atoms with Crippen molar-refractivity contribution >= 4 is 0 Å². The number of nitrogens with zero attached hydrogens (tertiary/aromatic N) is 3. The molecule has 3 rings (SSSR count). The van der Waals surface area contributed by atoms with Gasteiger partial charge in [-0.05, 0) is 26.3 Å². The summed E-state index contributed by atoms with van der Waals surface area (Å²) in [5.41, 5.74) is 0. The van der Waals surface area contributed by atoms with Crippen LogP contribution in [0.25, 0.3) is 0 Å². The van der Waals surface area contributed by atoms with E-state index >= 15 is 0 Å². The molecule has 2 fully saturated rings. The highest BCUT2D eigenvalue weighted by Crippen LogP contribution is 2.33. The monoisotopic (exact) mass is 278 g/mol.